The lowest BCUT2D eigenvalue weighted by Crippen LogP contribution is -2.56. The Morgan fingerprint density at radius 3 is 2.69 bits per heavy atom. The van der Waals surface area contributed by atoms with E-state index in [9.17, 15) is 8.60 Å². The van der Waals surface area contributed by atoms with Crippen molar-refractivity contribution in [2.75, 3.05) is 53.9 Å². The number of pyridine rings is 1. The smallest absolute Gasteiger partial charge is 0.227 e. The van der Waals surface area contributed by atoms with E-state index in [1.54, 1.807) is 6.26 Å². The fraction of sp³-hybridized carbons (Fsp3) is 0.536. The number of halogens is 2. The van der Waals surface area contributed by atoms with E-state index in [0.717, 1.165) is 28.8 Å². The van der Waals surface area contributed by atoms with Crippen LogP contribution >= 0.6 is 11.6 Å². The van der Waals surface area contributed by atoms with E-state index >= 15 is 0 Å². The third kappa shape index (κ3) is 5.69. The molecule has 1 aromatic carbocycles. The van der Waals surface area contributed by atoms with Crippen LogP contribution in [0.3, 0.4) is 0 Å². The Balaban J connectivity index is 1.43. The van der Waals surface area contributed by atoms with Gasteiger partial charge in [-0.05, 0) is 42.3 Å². The monoisotopic (exact) mass is 574 g/mol. The first-order chi connectivity index (χ1) is 18.7. The van der Waals surface area contributed by atoms with E-state index in [1.807, 2.05) is 17.2 Å². The van der Waals surface area contributed by atoms with Gasteiger partial charge in [0.2, 0.25) is 5.95 Å². The van der Waals surface area contributed by atoms with Gasteiger partial charge in [0.1, 0.15) is 17.0 Å². The van der Waals surface area contributed by atoms with Crippen molar-refractivity contribution in [3.8, 4) is 0 Å². The van der Waals surface area contributed by atoms with Gasteiger partial charge >= 0.3 is 0 Å². The Morgan fingerprint density at radius 1 is 1.23 bits per heavy atom. The molecule has 0 aliphatic carbocycles. The van der Waals surface area contributed by atoms with Gasteiger partial charge in [0.25, 0.3) is 0 Å². The topological polar surface area (TPSA) is 83.5 Å². The molecule has 8 nitrogen and oxygen atoms in total. The van der Waals surface area contributed by atoms with Crippen molar-refractivity contribution < 1.29 is 13.3 Å². The normalized spacial score (nSPS) is 24.2. The fourth-order valence-corrected chi connectivity index (χ4v) is 6.74. The van der Waals surface area contributed by atoms with Crippen LogP contribution < -0.4 is 15.1 Å². The molecule has 5 atom stereocenters. The van der Waals surface area contributed by atoms with E-state index in [2.05, 4.69) is 53.1 Å². The zero-order valence-electron chi connectivity index (χ0n) is 23.0. The minimum atomic E-state index is -1.11. The predicted octanol–water partition coefficient (Wildman–Crippen LogP) is 5.31. The van der Waals surface area contributed by atoms with Crippen LogP contribution in [0.25, 0.3) is 10.8 Å². The number of methoxy groups -OCH3 is 1. The van der Waals surface area contributed by atoms with Crippen LogP contribution in [-0.4, -0.2) is 76.2 Å². The van der Waals surface area contributed by atoms with Gasteiger partial charge in [-0.1, -0.05) is 31.5 Å². The van der Waals surface area contributed by atoms with Gasteiger partial charge in [-0.15, -0.1) is 0 Å². The summed E-state index contributed by atoms with van der Waals surface area (Å²) < 4.78 is 31.5. The Labute approximate surface area is 236 Å². The minimum absolute atomic E-state index is 0.165. The third-order valence-electron chi connectivity index (χ3n) is 7.94. The first-order valence-corrected chi connectivity index (χ1v) is 15.5. The molecule has 5 rings (SSSR count). The number of nitrogens with one attached hydrogen (secondary N) is 1. The second-order valence-electron chi connectivity index (χ2n) is 10.9. The van der Waals surface area contributed by atoms with E-state index in [-0.39, 0.29) is 6.54 Å². The number of benzene rings is 1. The summed E-state index contributed by atoms with van der Waals surface area (Å²) in [5.41, 5.74) is 2.37. The molecule has 2 aliphatic rings. The van der Waals surface area contributed by atoms with Gasteiger partial charge in [0.15, 0.2) is 5.82 Å². The average molecular weight is 575 g/mol. The largest absolute Gasteiger partial charge is 0.378 e. The van der Waals surface area contributed by atoms with Crippen LogP contribution in [0, 0.1) is 5.92 Å². The van der Waals surface area contributed by atoms with E-state index < -0.39 is 23.1 Å². The number of anilines is 4. The van der Waals surface area contributed by atoms with Gasteiger partial charge in [-0.25, -0.2) is 14.4 Å². The molecule has 11 heteroatoms. The summed E-state index contributed by atoms with van der Waals surface area (Å²) in [6.07, 6.45) is 4.24. The maximum Gasteiger partial charge on any atom is 0.227 e. The summed E-state index contributed by atoms with van der Waals surface area (Å²) in [6.45, 7) is 8.21. The molecular formula is C28H36ClFN6O2S. The lowest BCUT2D eigenvalue weighted by molar-refractivity contribution is 0.0194. The van der Waals surface area contributed by atoms with Crippen LogP contribution in [0.2, 0.25) is 5.02 Å². The molecule has 3 aromatic rings. The second kappa shape index (κ2) is 11.5. The van der Waals surface area contributed by atoms with Crippen LogP contribution in [0.5, 0.6) is 0 Å². The highest BCUT2D eigenvalue weighted by atomic mass is 35.5. The Morgan fingerprint density at radius 2 is 2.03 bits per heavy atom. The van der Waals surface area contributed by atoms with Crippen LogP contribution in [-0.2, 0) is 15.5 Å². The van der Waals surface area contributed by atoms with Crippen molar-refractivity contribution >= 4 is 56.4 Å². The Hall–Kier alpha value is -2.56. The van der Waals surface area contributed by atoms with E-state index in [1.165, 1.54) is 18.9 Å². The summed E-state index contributed by atoms with van der Waals surface area (Å²) in [7, 11) is 0.735. The number of rotatable bonds is 8. The lowest BCUT2D eigenvalue weighted by atomic mass is 9.88. The number of ether oxygens (including phenoxy) is 1. The molecule has 39 heavy (non-hydrogen) atoms. The number of hydrogen-bond acceptors (Lipinski definition) is 8. The molecule has 0 amide bonds. The van der Waals surface area contributed by atoms with Crippen molar-refractivity contribution in [2.45, 2.75) is 51.4 Å². The van der Waals surface area contributed by atoms with E-state index in [4.69, 9.17) is 21.3 Å². The molecular weight excluding hydrogens is 539 g/mol. The van der Waals surface area contributed by atoms with Gasteiger partial charge in [-0.3, -0.25) is 4.21 Å². The molecule has 0 radical (unpaired) electrons. The predicted molar refractivity (Wildman–Crippen MR) is 158 cm³/mol. The molecule has 2 aromatic heterocycles. The maximum atomic E-state index is 14.5. The molecule has 0 bridgehead atoms. The van der Waals surface area contributed by atoms with Crippen LogP contribution in [0.1, 0.15) is 38.7 Å². The quantitative estimate of drug-likeness (QED) is 0.387. The highest BCUT2D eigenvalue weighted by Crippen LogP contribution is 2.39. The number of hydrogen-bond donors (Lipinski definition) is 1. The van der Waals surface area contributed by atoms with E-state index in [0.29, 0.717) is 53.4 Å². The summed E-state index contributed by atoms with van der Waals surface area (Å²) in [4.78, 5) is 17.9. The molecule has 0 saturated carbocycles. The number of aromatic nitrogens is 3. The molecule has 1 N–H and O–H groups in total. The molecule has 2 aliphatic heterocycles. The molecule has 2 fully saturated rings. The zero-order chi connectivity index (χ0) is 27.8. The summed E-state index contributed by atoms with van der Waals surface area (Å²) in [5.74, 6) is 2.92. The summed E-state index contributed by atoms with van der Waals surface area (Å²) in [6, 6.07) is 6.73. The standard InChI is InChI=1S/C28H36ClFN6O2S/c1-16(2)19-6-7-24(36-13-18(17(36)3)15-39(5)37)21-11-31-26(10-20(19)21)33-27-22(29)12-32-28(34-27)35-9-8-25(38-4)23(30)14-35/h6-7,10-12,16-18,23,25H,8-9,13-15H2,1-5H3,(H,31,32,33,34)/t17-,18-,23-,25+,39-/m1/s1. The number of nitrogens with zero attached hydrogens (tertiary/aromatic N) is 5. The first kappa shape index (κ1) is 28.0. The molecule has 4 heterocycles. The third-order valence-corrected chi connectivity index (χ3v) is 9.12. The highest BCUT2D eigenvalue weighted by Gasteiger charge is 2.37. The Bertz CT molecular complexity index is 1380. The SMILES string of the molecule is CO[C@H]1CCN(c2ncc(Cl)c(Nc3cc4c(C(C)C)ccc(N5C[C@H](C[S@@](C)=O)[C@H]5C)c4cn3)n2)C[C@H]1F. The number of alkyl halides is 1. The molecule has 210 valence electrons. The van der Waals surface area contributed by atoms with Gasteiger partial charge in [0.05, 0.1) is 18.8 Å². The van der Waals surface area contributed by atoms with Crippen molar-refractivity contribution in [2.24, 2.45) is 5.92 Å². The highest BCUT2D eigenvalue weighted by molar-refractivity contribution is 7.84. The summed E-state index contributed by atoms with van der Waals surface area (Å²) in [5, 5.41) is 5.82. The maximum absolute atomic E-state index is 14.5. The van der Waals surface area contributed by atoms with Crippen LogP contribution in [0.4, 0.5) is 27.7 Å². The number of piperidine rings is 1. The van der Waals surface area contributed by atoms with Gasteiger partial charge < -0.3 is 19.9 Å². The molecule has 0 unspecified atom stereocenters. The molecule has 2 saturated heterocycles. The first-order valence-electron chi connectivity index (χ1n) is 13.4. The number of fused-ring (bicyclic) bond motifs is 1. The summed E-state index contributed by atoms with van der Waals surface area (Å²) >= 11 is 6.46. The minimum Gasteiger partial charge on any atom is -0.378 e. The fourth-order valence-electron chi connectivity index (χ4n) is 5.62. The molecule has 0 spiro atoms. The van der Waals surface area contributed by atoms with Crippen molar-refractivity contribution in [3.05, 3.63) is 41.2 Å². The van der Waals surface area contributed by atoms with Crippen molar-refractivity contribution in [1.82, 2.24) is 15.0 Å². The van der Waals surface area contributed by atoms with Gasteiger partial charge in [0, 0.05) is 72.2 Å². The van der Waals surface area contributed by atoms with Gasteiger partial charge in [-0.2, -0.15) is 4.98 Å². The van der Waals surface area contributed by atoms with Crippen molar-refractivity contribution in [3.63, 3.8) is 0 Å². The van der Waals surface area contributed by atoms with Crippen LogP contribution in [0.15, 0.2) is 30.6 Å². The second-order valence-corrected chi connectivity index (χ2v) is 12.7. The average Bonchev–Trinajstić information content (AvgIpc) is 2.91. The lowest BCUT2D eigenvalue weighted by Gasteiger charge is -2.48. The van der Waals surface area contributed by atoms with Crippen molar-refractivity contribution in [1.29, 1.82) is 0 Å². The zero-order valence-corrected chi connectivity index (χ0v) is 24.6. The Kier molecular flexibility index (Phi) is 8.26.